The summed E-state index contributed by atoms with van der Waals surface area (Å²) < 4.78 is 0. The fourth-order valence-corrected chi connectivity index (χ4v) is 2.71. The molecule has 0 radical (unpaired) electrons. The van der Waals surface area contributed by atoms with E-state index in [-0.39, 0.29) is 17.4 Å². The summed E-state index contributed by atoms with van der Waals surface area (Å²) in [5.41, 5.74) is 13.6. The van der Waals surface area contributed by atoms with Crippen LogP contribution < -0.4 is 16.9 Å². The Morgan fingerprint density at radius 1 is 1.19 bits per heavy atom. The number of rotatable bonds is 1. The number of nitrogens with one attached hydrogen (secondary N) is 1. The van der Waals surface area contributed by atoms with Crippen LogP contribution in [0.3, 0.4) is 0 Å². The third kappa shape index (κ3) is 1.97. The van der Waals surface area contributed by atoms with Crippen molar-refractivity contribution in [2.24, 2.45) is 17.4 Å². The van der Waals surface area contributed by atoms with Crippen LogP contribution in [0.4, 0.5) is 4.79 Å². The molecular weight excluding hydrogens is 208 g/mol. The number of nitrogens with zero attached hydrogens (tertiary/aromatic N) is 1. The van der Waals surface area contributed by atoms with E-state index in [1.54, 1.807) is 0 Å². The van der Waals surface area contributed by atoms with Gasteiger partial charge >= 0.3 is 6.03 Å². The molecule has 1 spiro atoms. The minimum absolute atomic E-state index is 0.00458. The predicted octanol–water partition coefficient (Wildman–Crippen LogP) is -0.310. The number of primary amides is 2. The maximum Gasteiger partial charge on any atom is 0.329 e. The average Bonchev–Trinajstić information content (AvgIpc) is 2.63. The highest BCUT2D eigenvalue weighted by molar-refractivity contribution is 5.76. The molecule has 0 aromatic rings. The van der Waals surface area contributed by atoms with Crippen LogP contribution >= 0.6 is 0 Å². The van der Waals surface area contributed by atoms with E-state index in [1.165, 1.54) is 5.01 Å². The van der Waals surface area contributed by atoms with Crippen LogP contribution in [0.5, 0.6) is 0 Å². The Kier molecular flexibility index (Phi) is 2.75. The van der Waals surface area contributed by atoms with Gasteiger partial charge in [0.1, 0.15) is 0 Å². The van der Waals surface area contributed by atoms with Gasteiger partial charge in [-0.15, -0.1) is 0 Å². The lowest BCUT2D eigenvalue weighted by molar-refractivity contribution is -0.123. The normalized spacial score (nSPS) is 34.2. The summed E-state index contributed by atoms with van der Waals surface area (Å²) in [5.74, 6) is -0.213. The summed E-state index contributed by atoms with van der Waals surface area (Å²) in [6.07, 6.45) is 4.26. The Labute approximate surface area is 94.3 Å². The first-order valence-electron chi connectivity index (χ1n) is 5.66. The van der Waals surface area contributed by atoms with Crippen LogP contribution in [0.15, 0.2) is 0 Å². The number of carbonyl (C=O) groups is 2. The van der Waals surface area contributed by atoms with E-state index in [2.05, 4.69) is 5.43 Å². The van der Waals surface area contributed by atoms with Crippen molar-refractivity contribution in [1.82, 2.24) is 10.4 Å². The maximum absolute atomic E-state index is 11.0. The van der Waals surface area contributed by atoms with E-state index in [0.717, 1.165) is 32.1 Å². The fourth-order valence-electron chi connectivity index (χ4n) is 2.71. The van der Waals surface area contributed by atoms with E-state index < -0.39 is 6.03 Å². The summed E-state index contributed by atoms with van der Waals surface area (Å²) in [6, 6.07) is -0.436. The molecule has 5 N–H and O–H groups in total. The van der Waals surface area contributed by atoms with Gasteiger partial charge in [-0.25, -0.2) is 10.2 Å². The van der Waals surface area contributed by atoms with Gasteiger partial charge in [0.05, 0.1) is 0 Å². The summed E-state index contributed by atoms with van der Waals surface area (Å²) in [4.78, 5) is 22.1. The largest absolute Gasteiger partial charge is 0.369 e. The smallest absolute Gasteiger partial charge is 0.329 e. The van der Waals surface area contributed by atoms with Crippen LogP contribution in [0, 0.1) is 5.92 Å². The lowest BCUT2D eigenvalue weighted by atomic mass is 9.75. The van der Waals surface area contributed by atoms with Gasteiger partial charge in [-0.3, -0.25) is 9.80 Å². The summed E-state index contributed by atoms with van der Waals surface area (Å²) >= 11 is 0. The second-order valence-corrected chi connectivity index (χ2v) is 4.81. The molecule has 1 aliphatic carbocycles. The van der Waals surface area contributed by atoms with E-state index in [0.29, 0.717) is 6.54 Å². The van der Waals surface area contributed by atoms with Crippen LogP contribution in [0.1, 0.15) is 32.1 Å². The number of nitrogens with two attached hydrogens (primary N) is 2. The first-order valence-corrected chi connectivity index (χ1v) is 5.66. The van der Waals surface area contributed by atoms with E-state index in [4.69, 9.17) is 11.5 Å². The van der Waals surface area contributed by atoms with E-state index >= 15 is 0 Å². The highest BCUT2D eigenvalue weighted by Gasteiger charge is 2.42. The number of amides is 3. The van der Waals surface area contributed by atoms with Gasteiger partial charge in [0.2, 0.25) is 5.91 Å². The van der Waals surface area contributed by atoms with Gasteiger partial charge in [-0.05, 0) is 32.1 Å². The Bertz CT molecular complexity index is 310. The zero-order valence-electron chi connectivity index (χ0n) is 9.24. The van der Waals surface area contributed by atoms with E-state index in [9.17, 15) is 9.59 Å². The molecule has 90 valence electrons. The van der Waals surface area contributed by atoms with Crippen LogP contribution in [-0.2, 0) is 4.79 Å². The fraction of sp³-hybridized carbons (Fsp3) is 0.800. The molecule has 6 heteroatoms. The molecule has 2 rings (SSSR count). The zero-order chi connectivity index (χ0) is 11.8. The minimum Gasteiger partial charge on any atom is -0.369 e. The molecule has 6 nitrogen and oxygen atoms in total. The lowest BCUT2D eigenvalue weighted by Gasteiger charge is -2.36. The summed E-state index contributed by atoms with van der Waals surface area (Å²) in [6.45, 7) is 0.649. The molecule has 0 aromatic heterocycles. The Balaban J connectivity index is 1.93. The molecule has 0 aromatic carbocycles. The number of hydrogen-bond donors (Lipinski definition) is 3. The molecule has 1 aliphatic heterocycles. The third-order valence-electron chi connectivity index (χ3n) is 3.80. The quantitative estimate of drug-likeness (QED) is 0.571. The lowest BCUT2D eigenvalue weighted by Crippen LogP contribution is -2.51. The Hall–Kier alpha value is -1.30. The highest BCUT2D eigenvalue weighted by atomic mass is 16.2. The minimum atomic E-state index is -0.436. The van der Waals surface area contributed by atoms with Gasteiger partial charge in [0, 0.05) is 18.0 Å². The molecule has 1 heterocycles. The Morgan fingerprint density at radius 3 is 2.25 bits per heavy atom. The van der Waals surface area contributed by atoms with Gasteiger partial charge in [-0.1, -0.05) is 0 Å². The molecular formula is C10H18N4O2. The molecule has 16 heavy (non-hydrogen) atoms. The topological polar surface area (TPSA) is 101 Å². The third-order valence-corrected chi connectivity index (χ3v) is 3.80. The van der Waals surface area contributed by atoms with Gasteiger partial charge < -0.3 is 11.5 Å². The molecule has 0 atom stereocenters. The van der Waals surface area contributed by atoms with Gasteiger partial charge in [0.15, 0.2) is 0 Å². The zero-order valence-corrected chi connectivity index (χ0v) is 9.24. The second kappa shape index (κ2) is 3.93. The number of hydrogen-bond acceptors (Lipinski definition) is 3. The standard InChI is InChI=1S/C10H18N4O2/c11-8(15)7-1-3-10(4-2-7)5-6-14(13-10)9(12)16/h7,13H,1-6H2,(H2,11,15)(H2,12,16). The maximum atomic E-state index is 11.0. The van der Waals surface area contributed by atoms with Crippen molar-refractivity contribution in [3.8, 4) is 0 Å². The van der Waals surface area contributed by atoms with Crippen LogP contribution in [0.2, 0.25) is 0 Å². The monoisotopic (exact) mass is 226 g/mol. The first kappa shape index (κ1) is 11.2. The summed E-state index contributed by atoms with van der Waals surface area (Å²) in [5, 5.41) is 1.46. The van der Waals surface area contributed by atoms with E-state index in [1.807, 2.05) is 0 Å². The molecule has 2 fully saturated rings. The van der Waals surface area contributed by atoms with Crippen molar-refractivity contribution in [1.29, 1.82) is 0 Å². The van der Waals surface area contributed by atoms with Gasteiger partial charge in [0.25, 0.3) is 0 Å². The first-order chi connectivity index (χ1) is 7.52. The number of urea groups is 1. The van der Waals surface area contributed by atoms with Crippen LogP contribution in [-0.4, -0.2) is 29.0 Å². The predicted molar refractivity (Wildman–Crippen MR) is 57.9 cm³/mol. The molecule has 1 saturated carbocycles. The van der Waals surface area contributed by atoms with Crippen molar-refractivity contribution in [2.75, 3.05) is 6.54 Å². The van der Waals surface area contributed by atoms with Crippen molar-refractivity contribution in [2.45, 2.75) is 37.6 Å². The average molecular weight is 226 g/mol. The second-order valence-electron chi connectivity index (χ2n) is 4.81. The summed E-state index contributed by atoms with van der Waals surface area (Å²) in [7, 11) is 0. The van der Waals surface area contributed by atoms with Crippen molar-refractivity contribution in [3.05, 3.63) is 0 Å². The highest BCUT2D eigenvalue weighted by Crippen LogP contribution is 2.37. The SMILES string of the molecule is NC(=O)C1CCC2(CC1)CCN(C(N)=O)N2. The number of carbonyl (C=O) groups excluding carboxylic acids is 2. The van der Waals surface area contributed by atoms with Crippen molar-refractivity contribution >= 4 is 11.9 Å². The van der Waals surface area contributed by atoms with Crippen molar-refractivity contribution in [3.63, 3.8) is 0 Å². The molecule has 0 unspecified atom stereocenters. The molecule has 0 bridgehead atoms. The molecule has 1 saturated heterocycles. The number of hydrazine groups is 1. The molecule has 2 aliphatic rings. The Morgan fingerprint density at radius 2 is 1.81 bits per heavy atom. The molecule has 3 amide bonds. The van der Waals surface area contributed by atoms with Crippen molar-refractivity contribution < 1.29 is 9.59 Å². The van der Waals surface area contributed by atoms with Gasteiger partial charge in [-0.2, -0.15) is 0 Å². The van der Waals surface area contributed by atoms with Crippen LogP contribution in [0.25, 0.3) is 0 Å².